The van der Waals surface area contributed by atoms with Crippen LogP contribution in [0.1, 0.15) is 0 Å². The second kappa shape index (κ2) is 4.32. The van der Waals surface area contributed by atoms with Gasteiger partial charge in [0.1, 0.15) is 18.3 Å². The SMILES string of the molecule is CN[C@@H]1C(O)[C@@H](O)C(CO)O[C@@H]1O. The molecule has 5 N–H and O–H groups in total. The van der Waals surface area contributed by atoms with Crippen LogP contribution in [0.4, 0.5) is 0 Å². The maximum Gasteiger partial charge on any atom is 0.173 e. The average molecular weight is 193 g/mol. The quantitative estimate of drug-likeness (QED) is 0.320. The van der Waals surface area contributed by atoms with Gasteiger partial charge in [0.25, 0.3) is 0 Å². The van der Waals surface area contributed by atoms with E-state index in [9.17, 15) is 15.3 Å². The minimum atomic E-state index is -1.22. The highest BCUT2D eigenvalue weighted by Crippen LogP contribution is 2.18. The fraction of sp³-hybridized carbons (Fsp3) is 1.00. The van der Waals surface area contributed by atoms with Gasteiger partial charge in [-0.3, -0.25) is 0 Å². The first kappa shape index (κ1) is 10.8. The number of hydrogen-bond acceptors (Lipinski definition) is 6. The highest BCUT2D eigenvalue weighted by atomic mass is 16.6. The Morgan fingerprint density at radius 3 is 2.31 bits per heavy atom. The molecule has 6 heteroatoms. The van der Waals surface area contributed by atoms with Gasteiger partial charge in [0, 0.05) is 0 Å². The number of aliphatic hydroxyl groups excluding tert-OH is 4. The molecular weight excluding hydrogens is 178 g/mol. The number of hydrogen-bond donors (Lipinski definition) is 5. The van der Waals surface area contributed by atoms with Crippen molar-refractivity contribution in [1.29, 1.82) is 0 Å². The van der Waals surface area contributed by atoms with E-state index >= 15 is 0 Å². The van der Waals surface area contributed by atoms with E-state index in [1.54, 1.807) is 0 Å². The first-order valence-electron chi connectivity index (χ1n) is 4.09. The lowest BCUT2D eigenvalue weighted by atomic mass is 9.97. The molecule has 1 rings (SSSR count). The normalized spacial score (nSPS) is 46.4. The van der Waals surface area contributed by atoms with Crippen molar-refractivity contribution < 1.29 is 25.2 Å². The number of nitrogens with one attached hydrogen (secondary N) is 1. The lowest BCUT2D eigenvalue weighted by Crippen LogP contribution is -2.62. The highest BCUT2D eigenvalue weighted by molar-refractivity contribution is 4.91. The molecular formula is C7H15NO5. The topological polar surface area (TPSA) is 102 Å². The number of ether oxygens (including phenoxy) is 1. The van der Waals surface area contributed by atoms with E-state index in [1.807, 2.05) is 0 Å². The molecule has 2 unspecified atom stereocenters. The maximum atomic E-state index is 9.45. The molecule has 6 nitrogen and oxygen atoms in total. The fourth-order valence-corrected chi connectivity index (χ4v) is 1.41. The summed E-state index contributed by atoms with van der Waals surface area (Å²) < 4.78 is 4.85. The zero-order valence-corrected chi connectivity index (χ0v) is 7.29. The molecule has 13 heavy (non-hydrogen) atoms. The number of aliphatic hydroxyl groups is 4. The lowest BCUT2D eigenvalue weighted by Gasteiger charge is -2.39. The molecule has 1 fully saturated rings. The van der Waals surface area contributed by atoms with Crippen LogP contribution in [0.15, 0.2) is 0 Å². The van der Waals surface area contributed by atoms with Gasteiger partial charge in [-0.05, 0) is 7.05 Å². The van der Waals surface area contributed by atoms with Crippen LogP contribution in [-0.4, -0.2) is 64.7 Å². The van der Waals surface area contributed by atoms with Gasteiger partial charge >= 0.3 is 0 Å². The van der Waals surface area contributed by atoms with E-state index in [0.29, 0.717) is 0 Å². The van der Waals surface area contributed by atoms with Crippen LogP contribution in [-0.2, 0) is 4.74 Å². The molecule has 0 amide bonds. The minimum Gasteiger partial charge on any atom is -0.394 e. The van der Waals surface area contributed by atoms with E-state index < -0.39 is 37.3 Å². The van der Waals surface area contributed by atoms with Gasteiger partial charge in [-0.15, -0.1) is 0 Å². The molecule has 0 aromatic rings. The summed E-state index contributed by atoms with van der Waals surface area (Å²) in [4.78, 5) is 0. The zero-order chi connectivity index (χ0) is 10.0. The fourth-order valence-electron chi connectivity index (χ4n) is 1.41. The third-order valence-corrected chi connectivity index (χ3v) is 2.23. The molecule has 0 aromatic heterocycles. The number of rotatable bonds is 2. The average Bonchev–Trinajstić information content (AvgIpc) is 2.12. The van der Waals surface area contributed by atoms with E-state index in [1.165, 1.54) is 7.05 Å². The Labute approximate surface area is 75.8 Å². The lowest BCUT2D eigenvalue weighted by molar-refractivity contribution is -0.253. The first-order chi connectivity index (χ1) is 6.11. The van der Waals surface area contributed by atoms with E-state index in [-0.39, 0.29) is 0 Å². The minimum absolute atomic E-state index is 0.439. The molecule has 0 radical (unpaired) electrons. The Bertz CT molecular complexity index is 167. The van der Waals surface area contributed by atoms with Crippen molar-refractivity contribution in [3.05, 3.63) is 0 Å². The second-order valence-electron chi connectivity index (χ2n) is 3.04. The summed E-state index contributed by atoms with van der Waals surface area (Å²) in [6.07, 6.45) is -4.49. The molecule has 1 aliphatic rings. The van der Waals surface area contributed by atoms with E-state index in [2.05, 4.69) is 5.32 Å². The van der Waals surface area contributed by atoms with Crippen molar-refractivity contribution in [2.45, 2.75) is 30.6 Å². The summed E-state index contributed by atoms with van der Waals surface area (Å²) in [6.45, 7) is -0.439. The predicted molar refractivity (Wildman–Crippen MR) is 42.8 cm³/mol. The molecule has 0 spiro atoms. The Hall–Kier alpha value is -0.240. The van der Waals surface area contributed by atoms with Gasteiger partial charge in [0.15, 0.2) is 6.29 Å². The summed E-state index contributed by atoms with van der Waals surface area (Å²) in [5, 5.41) is 39.4. The third-order valence-electron chi connectivity index (χ3n) is 2.23. The number of likely N-dealkylation sites (N-methyl/N-ethyl adjacent to an activating group) is 1. The van der Waals surface area contributed by atoms with Crippen LogP contribution in [0.5, 0.6) is 0 Å². The summed E-state index contributed by atoms with van der Waals surface area (Å²) >= 11 is 0. The summed E-state index contributed by atoms with van der Waals surface area (Å²) in [5.74, 6) is 0. The van der Waals surface area contributed by atoms with E-state index in [4.69, 9.17) is 9.84 Å². The Kier molecular flexibility index (Phi) is 3.60. The molecule has 0 bridgehead atoms. The van der Waals surface area contributed by atoms with Crippen LogP contribution in [0, 0.1) is 0 Å². The molecule has 1 aliphatic heterocycles. The largest absolute Gasteiger partial charge is 0.394 e. The van der Waals surface area contributed by atoms with Gasteiger partial charge in [0.2, 0.25) is 0 Å². The van der Waals surface area contributed by atoms with Crippen molar-refractivity contribution >= 4 is 0 Å². The van der Waals surface area contributed by atoms with Crippen molar-refractivity contribution in [3.63, 3.8) is 0 Å². The second-order valence-corrected chi connectivity index (χ2v) is 3.04. The van der Waals surface area contributed by atoms with Gasteiger partial charge in [-0.1, -0.05) is 0 Å². The maximum absolute atomic E-state index is 9.45. The Balaban J connectivity index is 2.66. The van der Waals surface area contributed by atoms with Gasteiger partial charge in [-0.2, -0.15) is 0 Å². The van der Waals surface area contributed by atoms with Crippen LogP contribution in [0.3, 0.4) is 0 Å². The van der Waals surface area contributed by atoms with Crippen molar-refractivity contribution in [1.82, 2.24) is 5.32 Å². The summed E-state index contributed by atoms with van der Waals surface area (Å²) in [7, 11) is 1.53. The van der Waals surface area contributed by atoms with E-state index in [0.717, 1.165) is 0 Å². The Morgan fingerprint density at radius 2 is 1.85 bits per heavy atom. The first-order valence-corrected chi connectivity index (χ1v) is 4.09. The highest BCUT2D eigenvalue weighted by Gasteiger charge is 2.42. The Morgan fingerprint density at radius 1 is 1.23 bits per heavy atom. The van der Waals surface area contributed by atoms with Gasteiger partial charge in [-0.25, -0.2) is 0 Å². The molecule has 0 aliphatic carbocycles. The van der Waals surface area contributed by atoms with Crippen molar-refractivity contribution in [2.24, 2.45) is 0 Å². The van der Waals surface area contributed by atoms with Gasteiger partial charge < -0.3 is 30.5 Å². The predicted octanol–water partition coefficient (Wildman–Crippen LogP) is -2.99. The smallest absolute Gasteiger partial charge is 0.173 e. The summed E-state index contributed by atoms with van der Waals surface area (Å²) in [5.41, 5.74) is 0. The van der Waals surface area contributed by atoms with Crippen molar-refractivity contribution in [2.75, 3.05) is 13.7 Å². The van der Waals surface area contributed by atoms with Crippen LogP contribution in [0.25, 0.3) is 0 Å². The van der Waals surface area contributed by atoms with Crippen LogP contribution in [0.2, 0.25) is 0 Å². The van der Waals surface area contributed by atoms with Crippen LogP contribution < -0.4 is 5.32 Å². The molecule has 5 atom stereocenters. The van der Waals surface area contributed by atoms with Crippen molar-refractivity contribution in [3.8, 4) is 0 Å². The van der Waals surface area contributed by atoms with Gasteiger partial charge in [0.05, 0.1) is 12.6 Å². The standard InChI is InChI=1S/C7H15NO5/c1-8-4-6(11)5(10)3(2-9)13-7(4)12/h3-12H,2H2,1H3/t3?,4-,5+,6?,7+/m1/s1. The monoisotopic (exact) mass is 193 g/mol. The molecule has 78 valence electrons. The zero-order valence-electron chi connectivity index (χ0n) is 7.29. The third kappa shape index (κ3) is 1.98. The van der Waals surface area contributed by atoms with Crippen LogP contribution >= 0.6 is 0 Å². The molecule has 1 heterocycles. The summed E-state index contributed by atoms with van der Waals surface area (Å²) in [6, 6.07) is -0.738. The molecule has 0 aromatic carbocycles. The molecule has 1 saturated heterocycles. The molecule has 0 saturated carbocycles.